The number of aliphatic hydroxyl groups is 1. The number of ether oxygens (including phenoxy) is 1. The second kappa shape index (κ2) is 6.62. The van der Waals surface area contributed by atoms with Gasteiger partial charge in [0.25, 0.3) is 0 Å². The Hall–Kier alpha value is -2.02. The van der Waals surface area contributed by atoms with Gasteiger partial charge in [-0.15, -0.1) is 0 Å². The molecule has 3 N–H and O–H groups in total. The van der Waals surface area contributed by atoms with E-state index >= 15 is 0 Å². The number of benzene rings is 1. The van der Waals surface area contributed by atoms with Crippen LogP contribution in [0.2, 0.25) is 0 Å². The van der Waals surface area contributed by atoms with E-state index in [0.29, 0.717) is 0 Å². The Morgan fingerprint density at radius 3 is 2.83 bits per heavy atom. The number of hydrazine groups is 1. The normalized spacial score (nSPS) is 25.4. The zero-order valence-corrected chi connectivity index (χ0v) is 13.2. The minimum atomic E-state index is -0.737. The van der Waals surface area contributed by atoms with Crippen molar-refractivity contribution in [3.8, 4) is 0 Å². The van der Waals surface area contributed by atoms with Crippen molar-refractivity contribution in [1.82, 2.24) is 15.8 Å². The smallest absolute Gasteiger partial charge is 0.306 e. The van der Waals surface area contributed by atoms with Gasteiger partial charge in [-0.25, -0.2) is 5.43 Å². The molecule has 0 spiro atoms. The topological polar surface area (TPSA) is 83.5 Å². The van der Waals surface area contributed by atoms with Gasteiger partial charge in [-0.3, -0.25) is 15.2 Å². The van der Waals surface area contributed by atoms with Gasteiger partial charge in [-0.1, -0.05) is 24.3 Å². The predicted molar refractivity (Wildman–Crippen MR) is 86.3 cm³/mol. The van der Waals surface area contributed by atoms with Crippen LogP contribution < -0.4 is 10.9 Å². The number of rotatable bonds is 4. The Balaban J connectivity index is 2.08. The summed E-state index contributed by atoms with van der Waals surface area (Å²) < 4.78 is 4.86. The lowest BCUT2D eigenvalue weighted by atomic mass is 9.79. The van der Waals surface area contributed by atoms with E-state index < -0.39 is 6.23 Å². The second-order valence-corrected chi connectivity index (χ2v) is 5.91. The number of carbonyl (C=O) groups excluding carboxylic acids is 1. The zero-order valence-electron chi connectivity index (χ0n) is 13.2. The summed E-state index contributed by atoms with van der Waals surface area (Å²) in [5, 5.41) is 11.3. The summed E-state index contributed by atoms with van der Waals surface area (Å²) in [6.07, 6.45) is 1.20. The molecule has 1 aromatic heterocycles. The van der Waals surface area contributed by atoms with Gasteiger partial charge in [0.15, 0.2) is 0 Å². The van der Waals surface area contributed by atoms with Gasteiger partial charge in [0, 0.05) is 29.5 Å². The Morgan fingerprint density at radius 2 is 2.13 bits per heavy atom. The molecule has 1 aliphatic heterocycles. The molecule has 1 aromatic carbocycles. The van der Waals surface area contributed by atoms with Crippen LogP contribution in [0.25, 0.3) is 10.9 Å². The Kier molecular flexibility index (Phi) is 4.56. The fourth-order valence-electron chi connectivity index (χ4n) is 3.39. The van der Waals surface area contributed by atoms with Crippen LogP contribution in [-0.2, 0) is 9.53 Å². The van der Waals surface area contributed by atoms with Crippen LogP contribution in [0.1, 0.15) is 24.8 Å². The number of pyridine rings is 1. The average molecular weight is 315 g/mol. The zero-order chi connectivity index (χ0) is 16.4. The van der Waals surface area contributed by atoms with Crippen LogP contribution in [0.3, 0.4) is 0 Å². The van der Waals surface area contributed by atoms with Crippen molar-refractivity contribution in [3.05, 3.63) is 42.1 Å². The molecule has 122 valence electrons. The molecule has 1 fully saturated rings. The van der Waals surface area contributed by atoms with Crippen molar-refractivity contribution in [2.75, 3.05) is 7.11 Å². The molecule has 1 saturated heterocycles. The average Bonchev–Trinajstić information content (AvgIpc) is 2.91. The lowest BCUT2D eigenvalue weighted by Crippen LogP contribution is -2.33. The monoisotopic (exact) mass is 315 g/mol. The molecule has 23 heavy (non-hydrogen) atoms. The van der Waals surface area contributed by atoms with E-state index in [9.17, 15) is 9.90 Å². The van der Waals surface area contributed by atoms with E-state index in [2.05, 4.69) is 15.8 Å². The third-order valence-corrected chi connectivity index (χ3v) is 4.54. The van der Waals surface area contributed by atoms with Gasteiger partial charge in [0.1, 0.15) is 6.23 Å². The maximum absolute atomic E-state index is 11.9. The molecular formula is C17H21N3O3. The van der Waals surface area contributed by atoms with Crippen molar-refractivity contribution in [1.29, 1.82) is 0 Å². The molecule has 0 amide bonds. The molecule has 0 aliphatic carbocycles. The maximum Gasteiger partial charge on any atom is 0.306 e. The summed E-state index contributed by atoms with van der Waals surface area (Å²) >= 11 is 0. The van der Waals surface area contributed by atoms with Gasteiger partial charge in [0.05, 0.1) is 19.0 Å². The van der Waals surface area contributed by atoms with Crippen LogP contribution in [0.5, 0.6) is 0 Å². The van der Waals surface area contributed by atoms with E-state index in [-0.39, 0.29) is 30.3 Å². The fraction of sp³-hybridized carbons (Fsp3) is 0.412. The van der Waals surface area contributed by atoms with E-state index in [4.69, 9.17) is 4.74 Å². The van der Waals surface area contributed by atoms with Crippen LogP contribution in [0, 0.1) is 5.92 Å². The van der Waals surface area contributed by atoms with Gasteiger partial charge < -0.3 is 9.84 Å². The molecule has 4 unspecified atom stereocenters. The standard InChI is InChI=1S/C17H21N3O3/c1-10-15(17(22)20-19-10)13(9-14(21)23-2)12-7-3-5-11-6-4-8-18-16(11)12/h3-8,10,13,15,17,19-20,22H,9H2,1-2H3. The summed E-state index contributed by atoms with van der Waals surface area (Å²) in [4.78, 5) is 16.4. The Labute approximate surface area is 134 Å². The summed E-state index contributed by atoms with van der Waals surface area (Å²) in [5.74, 6) is -0.663. The summed E-state index contributed by atoms with van der Waals surface area (Å²) in [6.45, 7) is 1.98. The maximum atomic E-state index is 11.9. The number of hydrogen-bond donors (Lipinski definition) is 3. The molecule has 0 radical (unpaired) electrons. The quantitative estimate of drug-likeness (QED) is 0.738. The molecule has 2 aromatic rings. The number of aliphatic hydroxyl groups excluding tert-OH is 1. The fourth-order valence-corrected chi connectivity index (χ4v) is 3.39. The van der Waals surface area contributed by atoms with Gasteiger partial charge in [0.2, 0.25) is 0 Å². The van der Waals surface area contributed by atoms with Gasteiger partial charge in [-0.2, -0.15) is 0 Å². The van der Waals surface area contributed by atoms with E-state index in [1.165, 1.54) is 7.11 Å². The predicted octanol–water partition coefficient (Wildman–Crippen LogP) is 1.31. The van der Waals surface area contributed by atoms with Crippen LogP contribution in [0.4, 0.5) is 0 Å². The highest BCUT2D eigenvalue weighted by Gasteiger charge is 2.40. The van der Waals surface area contributed by atoms with Crippen molar-refractivity contribution in [3.63, 3.8) is 0 Å². The largest absolute Gasteiger partial charge is 0.469 e. The molecule has 4 atom stereocenters. The van der Waals surface area contributed by atoms with Gasteiger partial charge >= 0.3 is 5.97 Å². The molecule has 6 nitrogen and oxygen atoms in total. The van der Waals surface area contributed by atoms with Crippen LogP contribution >= 0.6 is 0 Å². The Bertz CT molecular complexity index is 691. The number of fused-ring (bicyclic) bond motifs is 1. The second-order valence-electron chi connectivity index (χ2n) is 5.91. The molecule has 0 bridgehead atoms. The molecule has 3 rings (SSSR count). The van der Waals surface area contributed by atoms with Crippen molar-refractivity contribution in [2.45, 2.75) is 31.5 Å². The Morgan fingerprint density at radius 1 is 1.35 bits per heavy atom. The molecule has 2 heterocycles. The van der Waals surface area contributed by atoms with Crippen molar-refractivity contribution >= 4 is 16.9 Å². The van der Waals surface area contributed by atoms with Crippen molar-refractivity contribution in [2.24, 2.45) is 5.92 Å². The lowest BCUT2D eigenvalue weighted by molar-refractivity contribution is -0.141. The van der Waals surface area contributed by atoms with Crippen molar-refractivity contribution < 1.29 is 14.6 Å². The minimum absolute atomic E-state index is 0.0126. The number of esters is 1. The molecule has 6 heteroatoms. The summed E-state index contributed by atoms with van der Waals surface area (Å²) in [5.41, 5.74) is 7.69. The lowest BCUT2D eigenvalue weighted by Gasteiger charge is -2.28. The minimum Gasteiger partial charge on any atom is -0.469 e. The number of nitrogens with one attached hydrogen (secondary N) is 2. The number of hydrogen-bond acceptors (Lipinski definition) is 6. The molecule has 0 saturated carbocycles. The first-order valence-corrected chi connectivity index (χ1v) is 7.71. The highest BCUT2D eigenvalue weighted by molar-refractivity contribution is 5.83. The van der Waals surface area contributed by atoms with E-state index in [0.717, 1.165) is 16.5 Å². The molecular weight excluding hydrogens is 294 g/mol. The van der Waals surface area contributed by atoms with Gasteiger partial charge in [-0.05, 0) is 18.6 Å². The number of carbonyl (C=O) groups is 1. The summed E-state index contributed by atoms with van der Waals surface area (Å²) in [6, 6.07) is 9.81. The summed E-state index contributed by atoms with van der Waals surface area (Å²) in [7, 11) is 1.38. The number of para-hydroxylation sites is 1. The highest BCUT2D eigenvalue weighted by Crippen LogP contribution is 2.37. The number of methoxy groups -OCH3 is 1. The van der Waals surface area contributed by atoms with Crippen LogP contribution in [0.15, 0.2) is 36.5 Å². The first kappa shape index (κ1) is 15.9. The van der Waals surface area contributed by atoms with Crippen LogP contribution in [-0.4, -0.2) is 35.4 Å². The van der Waals surface area contributed by atoms with E-state index in [1.807, 2.05) is 37.3 Å². The number of nitrogens with zero attached hydrogens (tertiary/aromatic N) is 1. The highest BCUT2D eigenvalue weighted by atomic mass is 16.5. The third kappa shape index (κ3) is 3.06. The first-order valence-electron chi connectivity index (χ1n) is 7.71. The molecule has 1 aliphatic rings. The third-order valence-electron chi connectivity index (χ3n) is 4.54. The first-order chi connectivity index (χ1) is 11.1. The SMILES string of the molecule is COC(=O)CC(c1cccc2cccnc12)C1C(C)NNC1O. The number of aromatic nitrogens is 1. The van der Waals surface area contributed by atoms with E-state index in [1.54, 1.807) is 6.20 Å².